The third-order valence-electron chi connectivity index (χ3n) is 2.68. The smallest absolute Gasteiger partial charge is 0.166 e. The summed E-state index contributed by atoms with van der Waals surface area (Å²) in [5.41, 5.74) is 7.30. The van der Waals surface area contributed by atoms with Gasteiger partial charge in [0.1, 0.15) is 0 Å². The van der Waals surface area contributed by atoms with Crippen LogP contribution in [-0.2, 0) is 6.61 Å². The zero-order valence-electron chi connectivity index (χ0n) is 10.1. The summed E-state index contributed by atoms with van der Waals surface area (Å²) in [6, 6.07) is 3.19. The predicted molar refractivity (Wildman–Crippen MR) is 64.1 cm³/mol. The molecule has 0 aliphatic rings. The van der Waals surface area contributed by atoms with Crippen molar-refractivity contribution >= 4 is 0 Å². The molecule has 0 fully saturated rings. The van der Waals surface area contributed by atoms with Crippen molar-refractivity contribution in [1.29, 1.82) is 0 Å². The molecule has 0 spiro atoms. The molecular weight excluding hydrogens is 222 g/mol. The second-order valence-electron chi connectivity index (χ2n) is 3.65. The molecule has 1 unspecified atom stereocenters. The molecule has 96 valence electrons. The van der Waals surface area contributed by atoms with Crippen molar-refractivity contribution in [2.45, 2.75) is 19.1 Å². The lowest BCUT2D eigenvalue weighted by Crippen LogP contribution is -2.15. The van der Waals surface area contributed by atoms with Crippen LogP contribution in [0.2, 0.25) is 0 Å². The lowest BCUT2D eigenvalue weighted by molar-refractivity contribution is 0.261. The van der Waals surface area contributed by atoms with Gasteiger partial charge in [-0.1, -0.05) is 6.07 Å². The Morgan fingerprint density at radius 3 is 2.41 bits per heavy atom. The molecule has 0 aliphatic carbocycles. The Labute approximate surface area is 101 Å². The van der Waals surface area contributed by atoms with E-state index in [4.69, 9.17) is 20.3 Å². The predicted octanol–water partition coefficient (Wildman–Crippen LogP) is 0.578. The van der Waals surface area contributed by atoms with Crippen LogP contribution in [0, 0.1) is 0 Å². The summed E-state index contributed by atoms with van der Waals surface area (Å²) in [5.74, 6) is 1.04. The lowest BCUT2D eigenvalue weighted by atomic mass is 9.98. The van der Waals surface area contributed by atoms with Crippen LogP contribution < -0.4 is 15.2 Å². The van der Waals surface area contributed by atoms with Gasteiger partial charge < -0.3 is 25.4 Å². The van der Waals surface area contributed by atoms with Gasteiger partial charge in [0, 0.05) is 18.2 Å². The molecule has 0 saturated heterocycles. The average molecular weight is 241 g/mol. The molecule has 1 rings (SSSR count). The molecule has 0 bridgehead atoms. The summed E-state index contributed by atoms with van der Waals surface area (Å²) >= 11 is 0. The van der Waals surface area contributed by atoms with Crippen LogP contribution in [0.3, 0.4) is 0 Å². The van der Waals surface area contributed by atoms with Gasteiger partial charge in [0.2, 0.25) is 0 Å². The van der Waals surface area contributed by atoms with Gasteiger partial charge >= 0.3 is 0 Å². The van der Waals surface area contributed by atoms with E-state index in [0.29, 0.717) is 23.5 Å². The summed E-state index contributed by atoms with van der Waals surface area (Å²) in [5, 5.41) is 18.3. The number of nitrogens with two attached hydrogens (primary N) is 1. The third kappa shape index (κ3) is 2.88. The molecule has 0 amide bonds. The zero-order valence-corrected chi connectivity index (χ0v) is 10.1. The van der Waals surface area contributed by atoms with Crippen molar-refractivity contribution < 1.29 is 19.7 Å². The highest BCUT2D eigenvalue weighted by molar-refractivity contribution is 5.51. The number of hydrogen-bond acceptors (Lipinski definition) is 5. The molecule has 0 saturated carbocycles. The van der Waals surface area contributed by atoms with Crippen molar-refractivity contribution in [1.82, 2.24) is 0 Å². The highest BCUT2D eigenvalue weighted by Gasteiger charge is 2.18. The Hall–Kier alpha value is -1.30. The summed E-state index contributed by atoms with van der Waals surface area (Å²) < 4.78 is 10.4. The Morgan fingerprint density at radius 1 is 1.24 bits per heavy atom. The van der Waals surface area contributed by atoms with Crippen LogP contribution in [0.4, 0.5) is 0 Å². The van der Waals surface area contributed by atoms with Crippen LogP contribution in [0.5, 0.6) is 11.5 Å². The maximum absolute atomic E-state index is 9.41. The molecule has 5 heteroatoms. The highest BCUT2D eigenvalue weighted by Crippen LogP contribution is 2.35. The Bertz CT molecular complexity index is 368. The first-order valence-electron chi connectivity index (χ1n) is 5.40. The fraction of sp³-hybridized carbons (Fsp3) is 0.500. The molecular formula is C12H19NO4. The maximum Gasteiger partial charge on any atom is 0.166 e. The zero-order chi connectivity index (χ0) is 12.8. The van der Waals surface area contributed by atoms with E-state index >= 15 is 0 Å². The van der Waals surface area contributed by atoms with Crippen LogP contribution in [0.25, 0.3) is 0 Å². The van der Waals surface area contributed by atoms with Crippen molar-refractivity contribution in [3.05, 3.63) is 23.3 Å². The van der Waals surface area contributed by atoms with Gasteiger partial charge in [-0.2, -0.15) is 0 Å². The molecule has 1 aromatic carbocycles. The Morgan fingerprint density at radius 2 is 1.94 bits per heavy atom. The van der Waals surface area contributed by atoms with Gasteiger partial charge in [-0.3, -0.25) is 0 Å². The number of hydrogen-bond donors (Lipinski definition) is 3. The highest BCUT2D eigenvalue weighted by atomic mass is 16.5. The van der Waals surface area contributed by atoms with E-state index < -0.39 is 0 Å². The number of aliphatic hydroxyl groups is 2. The Balaban J connectivity index is 3.22. The molecule has 4 N–H and O–H groups in total. The minimum atomic E-state index is -0.332. The van der Waals surface area contributed by atoms with E-state index in [1.807, 2.05) is 0 Å². The minimum Gasteiger partial charge on any atom is -0.493 e. The molecule has 1 aromatic rings. The van der Waals surface area contributed by atoms with Crippen LogP contribution >= 0.6 is 0 Å². The number of aliphatic hydroxyl groups excluding tert-OH is 2. The topological polar surface area (TPSA) is 84.9 Å². The van der Waals surface area contributed by atoms with E-state index in [9.17, 15) is 5.11 Å². The second-order valence-corrected chi connectivity index (χ2v) is 3.65. The number of methoxy groups -OCH3 is 2. The summed E-state index contributed by atoms with van der Waals surface area (Å²) in [6.07, 6.45) is 0.433. The first-order valence-corrected chi connectivity index (χ1v) is 5.40. The van der Waals surface area contributed by atoms with Crippen molar-refractivity contribution in [2.24, 2.45) is 5.73 Å². The van der Waals surface area contributed by atoms with E-state index in [1.165, 1.54) is 14.2 Å². The number of rotatable bonds is 6. The quantitative estimate of drug-likeness (QED) is 0.678. The van der Waals surface area contributed by atoms with Gasteiger partial charge in [0.05, 0.1) is 20.8 Å². The van der Waals surface area contributed by atoms with Gasteiger partial charge in [0.15, 0.2) is 11.5 Å². The van der Waals surface area contributed by atoms with E-state index in [0.717, 1.165) is 5.56 Å². The van der Waals surface area contributed by atoms with Crippen molar-refractivity contribution in [3.63, 3.8) is 0 Å². The molecule has 0 aromatic heterocycles. The van der Waals surface area contributed by atoms with E-state index in [1.54, 1.807) is 12.1 Å². The number of ether oxygens (including phenoxy) is 2. The molecule has 0 heterocycles. The molecule has 1 atom stereocenters. The van der Waals surface area contributed by atoms with Crippen molar-refractivity contribution in [2.75, 3.05) is 20.8 Å². The summed E-state index contributed by atoms with van der Waals surface area (Å²) in [4.78, 5) is 0. The molecule has 5 nitrogen and oxygen atoms in total. The molecule has 0 aliphatic heterocycles. The molecule has 17 heavy (non-hydrogen) atoms. The first kappa shape index (κ1) is 13.8. The molecule has 0 radical (unpaired) electrons. The fourth-order valence-electron chi connectivity index (χ4n) is 1.81. The minimum absolute atomic E-state index is 0.000377. The largest absolute Gasteiger partial charge is 0.493 e. The monoisotopic (exact) mass is 241 g/mol. The van der Waals surface area contributed by atoms with Crippen LogP contribution in [0.15, 0.2) is 12.1 Å². The van der Waals surface area contributed by atoms with Gasteiger partial charge in [0.25, 0.3) is 0 Å². The number of benzene rings is 1. The lowest BCUT2D eigenvalue weighted by Gasteiger charge is -2.19. The first-order chi connectivity index (χ1) is 8.19. The standard InChI is InChI=1S/C12H19NO4/c1-16-11-4-3-8(10(13)5-6-14)9(7-15)12(11)17-2/h3-4,10,14-15H,5-7,13H2,1-2H3. The van der Waals surface area contributed by atoms with E-state index in [2.05, 4.69) is 0 Å². The second kappa shape index (κ2) is 6.44. The third-order valence-corrected chi connectivity index (χ3v) is 2.68. The van der Waals surface area contributed by atoms with Crippen LogP contribution in [0.1, 0.15) is 23.6 Å². The van der Waals surface area contributed by atoms with Gasteiger partial charge in [-0.05, 0) is 18.1 Å². The van der Waals surface area contributed by atoms with Crippen molar-refractivity contribution in [3.8, 4) is 11.5 Å². The Kier molecular flexibility index (Phi) is 5.21. The van der Waals surface area contributed by atoms with Gasteiger partial charge in [-0.15, -0.1) is 0 Å². The summed E-state index contributed by atoms with van der Waals surface area (Å²) in [7, 11) is 3.05. The normalized spacial score (nSPS) is 12.3. The average Bonchev–Trinajstić information content (AvgIpc) is 2.36. The fourth-order valence-corrected chi connectivity index (χ4v) is 1.81. The van der Waals surface area contributed by atoms with E-state index in [-0.39, 0.29) is 19.3 Å². The summed E-state index contributed by atoms with van der Waals surface area (Å²) in [6.45, 7) is -0.185. The SMILES string of the molecule is COc1ccc(C(N)CCO)c(CO)c1OC. The van der Waals surface area contributed by atoms with Gasteiger partial charge in [-0.25, -0.2) is 0 Å². The van der Waals surface area contributed by atoms with Crippen LogP contribution in [-0.4, -0.2) is 31.0 Å². The maximum atomic E-state index is 9.41.